The minimum Gasteiger partial charge on any atom is -0.490 e. The number of nitriles is 1. The summed E-state index contributed by atoms with van der Waals surface area (Å²) >= 11 is 0. The molecular weight excluding hydrogens is 491 g/mol. The van der Waals surface area contributed by atoms with Crippen LogP contribution >= 0.6 is 0 Å². The lowest BCUT2D eigenvalue weighted by Crippen LogP contribution is -2.29. The van der Waals surface area contributed by atoms with Crippen LogP contribution in [-0.4, -0.2) is 37.8 Å². The van der Waals surface area contributed by atoms with Crippen LogP contribution in [0.25, 0.3) is 6.08 Å². The molecule has 1 amide bonds. The second kappa shape index (κ2) is 14.0. The molecule has 3 rings (SSSR count). The Morgan fingerprint density at radius 2 is 1.76 bits per heavy atom. The van der Waals surface area contributed by atoms with Gasteiger partial charge in [0, 0.05) is 11.8 Å². The molecule has 0 aromatic heterocycles. The number of esters is 1. The molecule has 0 fully saturated rings. The minimum absolute atomic E-state index is 0.236. The van der Waals surface area contributed by atoms with Gasteiger partial charge in [0.15, 0.2) is 17.6 Å². The van der Waals surface area contributed by atoms with Crippen LogP contribution in [0.3, 0.4) is 0 Å². The van der Waals surface area contributed by atoms with Crippen molar-refractivity contribution < 1.29 is 32.9 Å². The van der Waals surface area contributed by atoms with Gasteiger partial charge in [0.25, 0.3) is 5.91 Å². The first-order chi connectivity index (χ1) is 18.4. The van der Waals surface area contributed by atoms with E-state index < -0.39 is 18.0 Å². The number of hydrogen-bond donors (Lipinski definition) is 1. The zero-order valence-corrected chi connectivity index (χ0v) is 21.0. The first-order valence-corrected chi connectivity index (χ1v) is 11.9. The van der Waals surface area contributed by atoms with Crippen molar-refractivity contribution in [2.24, 2.45) is 0 Å². The topological polar surface area (TPSA) is 107 Å². The fraction of sp³-hybridized carbons (Fsp3) is 0.207. The van der Waals surface area contributed by atoms with E-state index in [4.69, 9.17) is 24.2 Å². The van der Waals surface area contributed by atoms with Crippen molar-refractivity contribution in [1.29, 1.82) is 5.26 Å². The number of amides is 1. The Balaban J connectivity index is 1.52. The normalized spacial score (nSPS) is 11.3. The highest BCUT2D eigenvalue weighted by atomic mass is 19.1. The van der Waals surface area contributed by atoms with Crippen LogP contribution in [-0.2, 0) is 14.3 Å². The molecule has 38 heavy (non-hydrogen) atoms. The van der Waals surface area contributed by atoms with Crippen LogP contribution < -0.4 is 19.5 Å². The Kier molecular flexibility index (Phi) is 10.3. The van der Waals surface area contributed by atoms with Crippen LogP contribution in [0.15, 0.2) is 72.8 Å². The van der Waals surface area contributed by atoms with Crippen molar-refractivity contribution >= 4 is 23.6 Å². The predicted octanol–water partition coefficient (Wildman–Crippen LogP) is 5.14. The van der Waals surface area contributed by atoms with Crippen LogP contribution in [0, 0.1) is 17.1 Å². The van der Waals surface area contributed by atoms with Gasteiger partial charge in [-0.2, -0.15) is 5.26 Å². The number of ether oxygens (including phenoxy) is 4. The molecule has 0 aliphatic carbocycles. The van der Waals surface area contributed by atoms with Crippen LogP contribution in [0.2, 0.25) is 0 Å². The number of carbonyl (C=O) groups excluding carboxylic acids is 2. The van der Waals surface area contributed by atoms with E-state index in [9.17, 15) is 14.0 Å². The summed E-state index contributed by atoms with van der Waals surface area (Å²) in [5, 5.41) is 11.6. The predicted molar refractivity (Wildman–Crippen MR) is 139 cm³/mol. The molecule has 3 aromatic carbocycles. The maximum absolute atomic E-state index is 13.0. The Morgan fingerprint density at radius 1 is 1.00 bits per heavy atom. The smallest absolute Gasteiger partial charge is 0.331 e. The second-order valence-corrected chi connectivity index (χ2v) is 7.88. The number of nitrogens with zero attached hydrogens (tertiary/aromatic N) is 1. The van der Waals surface area contributed by atoms with E-state index in [-0.39, 0.29) is 19.0 Å². The zero-order valence-electron chi connectivity index (χ0n) is 21.0. The number of benzene rings is 3. The zero-order chi connectivity index (χ0) is 27.3. The highest BCUT2D eigenvalue weighted by Crippen LogP contribution is 2.29. The van der Waals surface area contributed by atoms with Gasteiger partial charge in [-0.15, -0.1) is 0 Å². The number of halogens is 1. The lowest BCUT2D eigenvalue weighted by molar-refractivity contribution is -0.148. The molecule has 3 aromatic rings. The van der Waals surface area contributed by atoms with Crippen molar-refractivity contribution in [3.8, 4) is 23.3 Å². The molecule has 0 saturated heterocycles. The Morgan fingerprint density at radius 3 is 2.50 bits per heavy atom. The van der Waals surface area contributed by atoms with E-state index >= 15 is 0 Å². The van der Waals surface area contributed by atoms with Crippen LogP contribution in [0.1, 0.15) is 25.0 Å². The molecule has 1 atom stereocenters. The van der Waals surface area contributed by atoms with Gasteiger partial charge in [-0.3, -0.25) is 4.79 Å². The van der Waals surface area contributed by atoms with Gasteiger partial charge in [0.1, 0.15) is 24.8 Å². The summed E-state index contributed by atoms with van der Waals surface area (Å²) in [7, 11) is 0. The number of carbonyl (C=O) groups is 2. The van der Waals surface area contributed by atoms with Gasteiger partial charge < -0.3 is 24.3 Å². The lowest BCUT2D eigenvalue weighted by atomic mass is 10.2. The molecule has 0 spiro atoms. The SMILES string of the molecule is CCOc1cc(/C=C/C(=O)O[C@@H](C)C(=O)Nc2cccc(C#N)c2)ccc1OCCOc1ccc(F)cc1. The second-order valence-electron chi connectivity index (χ2n) is 7.88. The summed E-state index contributed by atoms with van der Waals surface area (Å²) in [6.45, 7) is 4.18. The molecule has 196 valence electrons. The first kappa shape index (κ1) is 27.7. The maximum atomic E-state index is 13.0. The van der Waals surface area contributed by atoms with E-state index in [0.29, 0.717) is 40.7 Å². The summed E-state index contributed by atoms with van der Waals surface area (Å²) in [5.74, 6) is -0.0408. The minimum atomic E-state index is -1.05. The van der Waals surface area contributed by atoms with E-state index in [2.05, 4.69) is 5.32 Å². The van der Waals surface area contributed by atoms with E-state index in [0.717, 1.165) is 0 Å². The molecule has 0 aliphatic rings. The largest absolute Gasteiger partial charge is 0.490 e. The van der Waals surface area contributed by atoms with Gasteiger partial charge in [-0.25, -0.2) is 9.18 Å². The average Bonchev–Trinajstić information content (AvgIpc) is 2.92. The number of rotatable bonds is 12. The summed E-state index contributed by atoms with van der Waals surface area (Å²) in [6.07, 6.45) is 1.69. The Bertz CT molecular complexity index is 1320. The standard InChI is InChI=1S/C29H27FN2O6/c1-3-35-27-18-21(7-13-26(27)37-16-15-36-25-11-9-23(30)10-12-25)8-14-28(33)38-20(2)29(34)32-24-6-4-5-22(17-24)19-31/h4-14,17-18,20H,3,15-16H2,1-2H3,(H,32,34)/b14-8+/t20-/m0/s1. The third-order valence-electron chi connectivity index (χ3n) is 5.02. The van der Waals surface area contributed by atoms with E-state index in [1.165, 1.54) is 49.4 Å². The number of anilines is 1. The molecule has 0 aliphatic heterocycles. The average molecular weight is 519 g/mol. The third-order valence-corrected chi connectivity index (χ3v) is 5.02. The number of nitrogens with one attached hydrogen (secondary N) is 1. The molecule has 0 unspecified atom stereocenters. The van der Waals surface area contributed by atoms with Crippen molar-refractivity contribution in [2.45, 2.75) is 20.0 Å². The van der Waals surface area contributed by atoms with Crippen LogP contribution in [0.4, 0.5) is 10.1 Å². The Hall–Kier alpha value is -4.84. The molecule has 0 bridgehead atoms. The highest BCUT2D eigenvalue weighted by Gasteiger charge is 2.17. The van der Waals surface area contributed by atoms with Crippen molar-refractivity contribution in [1.82, 2.24) is 0 Å². The fourth-order valence-electron chi connectivity index (χ4n) is 3.20. The maximum Gasteiger partial charge on any atom is 0.331 e. The molecule has 9 heteroatoms. The molecule has 8 nitrogen and oxygen atoms in total. The third kappa shape index (κ3) is 8.68. The van der Waals surface area contributed by atoms with Crippen molar-refractivity contribution in [3.63, 3.8) is 0 Å². The summed E-state index contributed by atoms with van der Waals surface area (Å²) in [5.41, 5.74) is 1.49. The monoisotopic (exact) mass is 518 g/mol. The van der Waals surface area contributed by atoms with E-state index in [1.807, 2.05) is 13.0 Å². The van der Waals surface area contributed by atoms with E-state index in [1.54, 1.807) is 36.4 Å². The van der Waals surface area contributed by atoms with Gasteiger partial charge >= 0.3 is 5.97 Å². The molecule has 0 heterocycles. The van der Waals surface area contributed by atoms with Crippen molar-refractivity contribution in [3.05, 3.63) is 89.8 Å². The lowest BCUT2D eigenvalue weighted by Gasteiger charge is -2.13. The summed E-state index contributed by atoms with van der Waals surface area (Å²) in [4.78, 5) is 24.6. The molecular formula is C29H27FN2O6. The van der Waals surface area contributed by atoms with Crippen molar-refractivity contribution in [2.75, 3.05) is 25.1 Å². The van der Waals surface area contributed by atoms with Gasteiger partial charge in [-0.05, 0) is 80.1 Å². The fourth-order valence-corrected chi connectivity index (χ4v) is 3.20. The van der Waals surface area contributed by atoms with Gasteiger partial charge in [0.05, 0.1) is 18.2 Å². The van der Waals surface area contributed by atoms with Gasteiger partial charge in [-0.1, -0.05) is 12.1 Å². The first-order valence-electron chi connectivity index (χ1n) is 11.9. The molecule has 0 saturated carbocycles. The van der Waals surface area contributed by atoms with Crippen LogP contribution in [0.5, 0.6) is 17.2 Å². The Labute approximate surface area is 220 Å². The summed E-state index contributed by atoms with van der Waals surface area (Å²) < 4.78 is 35.1. The van der Waals surface area contributed by atoms with Gasteiger partial charge in [0.2, 0.25) is 0 Å². The molecule has 0 radical (unpaired) electrons. The highest BCUT2D eigenvalue weighted by molar-refractivity contribution is 5.96. The number of hydrogen-bond acceptors (Lipinski definition) is 7. The molecule has 1 N–H and O–H groups in total. The summed E-state index contributed by atoms with van der Waals surface area (Å²) in [6, 6.07) is 19.3. The quantitative estimate of drug-likeness (QED) is 0.201.